The number of aromatic nitrogens is 2. The highest BCUT2D eigenvalue weighted by atomic mass is 16.1. The first-order valence-corrected chi connectivity index (χ1v) is 11.6. The lowest BCUT2D eigenvalue weighted by Crippen LogP contribution is -2.45. The molecular formula is C24H33N3O. The van der Waals surface area contributed by atoms with Crippen molar-refractivity contribution in [3.63, 3.8) is 0 Å². The molecule has 28 heavy (non-hydrogen) atoms. The van der Waals surface area contributed by atoms with Crippen molar-refractivity contribution in [1.82, 2.24) is 9.78 Å². The zero-order chi connectivity index (χ0) is 19.3. The second kappa shape index (κ2) is 7.32. The molecule has 0 radical (unpaired) electrons. The van der Waals surface area contributed by atoms with Crippen LogP contribution in [0, 0.1) is 58.7 Å². The van der Waals surface area contributed by atoms with E-state index < -0.39 is 0 Å². The average Bonchev–Trinajstić information content (AvgIpc) is 3.33. The smallest absolute Gasteiger partial charge is 0.157 e. The summed E-state index contributed by atoms with van der Waals surface area (Å²) in [4.78, 5) is 13.0. The first-order valence-electron chi connectivity index (χ1n) is 11.6. The molecule has 4 heteroatoms. The van der Waals surface area contributed by atoms with Gasteiger partial charge in [0.05, 0.1) is 18.3 Å². The number of Topliss-reactive ketones (excluding diaryl/α,β-unsaturated/α-hetero) is 1. The molecule has 1 aromatic heterocycles. The van der Waals surface area contributed by atoms with Crippen LogP contribution in [0.2, 0.25) is 0 Å². The minimum atomic E-state index is 0.227. The van der Waals surface area contributed by atoms with E-state index in [1.54, 1.807) is 17.1 Å². The number of fused-ring (bicyclic) bond motifs is 5. The molecule has 0 spiro atoms. The molecule has 0 amide bonds. The van der Waals surface area contributed by atoms with Gasteiger partial charge in [-0.3, -0.25) is 9.48 Å². The number of ketones is 1. The summed E-state index contributed by atoms with van der Waals surface area (Å²) in [6, 6.07) is 2.10. The second-order valence-electron chi connectivity index (χ2n) is 10.3. The Morgan fingerprint density at radius 3 is 2.54 bits per heavy atom. The van der Waals surface area contributed by atoms with Crippen molar-refractivity contribution in [2.24, 2.45) is 47.3 Å². The Hall–Kier alpha value is -1.63. The zero-order valence-electron chi connectivity index (χ0n) is 17.1. The fourth-order valence-electron chi connectivity index (χ4n) is 7.93. The number of nitrogens with zero attached hydrogens (tertiary/aromatic N) is 3. The number of hydrogen-bond donors (Lipinski definition) is 0. The Bertz CT molecular complexity index is 777. The Balaban J connectivity index is 1.26. The van der Waals surface area contributed by atoms with Crippen molar-refractivity contribution in [2.75, 3.05) is 0 Å². The summed E-state index contributed by atoms with van der Waals surface area (Å²) in [7, 11) is 0. The van der Waals surface area contributed by atoms with Crippen molar-refractivity contribution in [3.05, 3.63) is 18.0 Å². The lowest BCUT2D eigenvalue weighted by molar-refractivity contribution is -0.126. The van der Waals surface area contributed by atoms with Crippen molar-refractivity contribution < 1.29 is 4.79 Å². The van der Waals surface area contributed by atoms with Gasteiger partial charge in [-0.2, -0.15) is 10.4 Å². The molecule has 0 aliphatic heterocycles. The van der Waals surface area contributed by atoms with Crippen LogP contribution in [0.5, 0.6) is 0 Å². The van der Waals surface area contributed by atoms with Gasteiger partial charge in [-0.25, -0.2) is 0 Å². The molecule has 1 heterocycles. The highest BCUT2D eigenvalue weighted by molar-refractivity contribution is 5.81. The molecule has 4 saturated carbocycles. The molecule has 4 nitrogen and oxygen atoms in total. The summed E-state index contributed by atoms with van der Waals surface area (Å²) in [5, 5.41) is 13.2. The van der Waals surface area contributed by atoms with Gasteiger partial charge >= 0.3 is 0 Å². The highest BCUT2D eigenvalue weighted by Crippen LogP contribution is 2.59. The molecule has 8 unspecified atom stereocenters. The van der Waals surface area contributed by atoms with Gasteiger partial charge in [0.1, 0.15) is 6.07 Å². The maximum absolute atomic E-state index is 13.0. The SMILES string of the molecule is CC1CCC2C(CCC3C2CCC2C(C(=O)Cn4cc(C#N)cn4)CCC23)C1. The Labute approximate surface area is 168 Å². The van der Waals surface area contributed by atoms with E-state index in [2.05, 4.69) is 18.1 Å². The van der Waals surface area contributed by atoms with Crippen molar-refractivity contribution in [1.29, 1.82) is 5.26 Å². The lowest BCUT2D eigenvalue weighted by atomic mass is 9.52. The van der Waals surface area contributed by atoms with Gasteiger partial charge in [-0.1, -0.05) is 13.3 Å². The fourth-order valence-corrected chi connectivity index (χ4v) is 7.93. The molecule has 0 saturated heterocycles. The van der Waals surface area contributed by atoms with Crippen LogP contribution in [0.15, 0.2) is 12.4 Å². The van der Waals surface area contributed by atoms with E-state index in [-0.39, 0.29) is 5.92 Å². The first-order chi connectivity index (χ1) is 13.6. The highest BCUT2D eigenvalue weighted by Gasteiger charge is 2.52. The van der Waals surface area contributed by atoms with E-state index >= 15 is 0 Å². The molecular weight excluding hydrogens is 346 g/mol. The van der Waals surface area contributed by atoms with Crippen LogP contribution in [0.4, 0.5) is 0 Å². The number of nitriles is 1. The van der Waals surface area contributed by atoms with Gasteiger partial charge in [-0.05, 0) is 92.8 Å². The van der Waals surface area contributed by atoms with E-state index in [1.807, 2.05) is 0 Å². The molecule has 4 aliphatic rings. The van der Waals surface area contributed by atoms with Crippen LogP contribution in [-0.4, -0.2) is 15.6 Å². The molecule has 0 N–H and O–H groups in total. The summed E-state index contributed by atoms with van der Waals surface area (Å²) >= 11 is 0. The van der Waals surface area contributed by atoms with Gasteiger partial charge < -0.3 is 0 Å². The molecule has 150 valence electrons. The summed E-state index contributed by atoms with van der Waals surface area (Å²) in [6.45, 7) is 2.79. The van der Waals surface area contributed by atoms with Gasteiger partial charge in [-0.15, -0.1) is 0 Å². The number of rotatable bonds is 3. The predicted molar refractivity (Wildman–Crippen MR) is 107 cm³/mol. The quantitative estimate of drug-likeness (QED) is 0.755. The molecule has 5 rings (SSSR count). The van der Waals surface area contributed by atoms with E-state index in [1.165, 1.54) is 51.4 Å². The second-order valence-corrected chi connectivity index (χ2v) is 10.3. The lowest BCUT2D eigenvalue weighted by Gasteiger charge is -2.53. The number of carbonyl (C=O) groups excluding carboxylic acids is 1. The van der Waals surface area contributed by atoms with E-state index in [4.69, 9.17) is 5.26 Å². The third-order valence-electron chi connectivity index (χ3n) is 9.03. The number of carbonyl (C=O) groups is 1. The largest absolute Gasteiger partial charge is 0.297 e. The summed E-state index contributed by atoms with van der Waals surface area (Å²) in [5.74, 6) is 6.73. The molecule has 0 aromatic carbocycles. The third kappa shape index (κ3) is 3.11. The average molecular weight is 380 g/mol. The van der Waals surface area contributed by atoms with Gasteiger partial charge in [0, 0.05) is 12.1 Å². The van der Waals surface area contributed by atoms with E-state index in [9.17, 15) is 4.79 Å². The van der Waals surface area contributed by atoms with E-state index in [0.29, 0.717) is 23.8 Å². The summed E-state index contributed by atoms with van der Waals surface area (Å²) < 4.78 is 1.66. The Morgan fingerprint density at radius 1 is 1.04 bits per heavy atom. The van der Waals surface area contributed by atoms with Crippen LogP contribution in [-0.2, 0) is 11.3 Å². The van der Waals surface area contributed by atoms with Crippen LogP contribution >= 0.6 is 0 Å². The summed E-state index contributed by atoms with van der Waals surface area (Å²) in [6.07, 6.45) is 15.5. The monoisotopic (exact) mass is 379 g/mol. The standard InChI is InChI=1S/C24H33N3O/c1-15-2-4-18-17(10-15)3-5-20-19(18)6-7-22-21(20)8-9-23(22)24(28)14-27-13-16(11-25)12-26-27/h12-13,15,17-23H,2-10,14H2,1H3. The van der Waals surface area contributed by atoms with Crippen molar-refractivity contribution >= 4 is 5.78 Å². The first kappa shape index (κ1) is 18.4. The molecule has 4 aliphatic carbocycles. The van der Waals surface area contributed by atoms with Crippen LogP contribution in [0.3, 0.4) is 0 Å². The van der Waals surface area contributed by atoms with Crippen molar-refractivity contribution in [2.45, 2.75) is 71.3 Å². The predicted octanol–water partition coefficient (Wildman–Crippen LogP) is 4.84. The minimum absolute atomic E-state index is 0.227. The molecule has 0 bridgehead atoms. The van der Waals surface area contributed by atoms with Crippen LogP contribution in [0.25, 0.3) is 0 Å². The van der Waals surface area contributed by atoms with E-state index in [0.717, 1.165) is 41.9 Å². The van der Waals surface area contributed by atoms with Gasteiger partial charge in [0.2, 0.25) is 0 Å². The van der Waals surface area contributed by atoms with Crippen LogP contribution in [0.1, 0.15) is 70.3 Å². The van der Waals surface area contributed by atoms with Gasteiger partial charge in [0.15, 0.2) is 5.78 Å². The summed E-state index contributed by atoms with van der Waals surface area (Å²) in [5.41, 5.74) is 0.538. The normalized spacial score (nSPS) is 42.1. The van der Waals surface area contributed by atoms with Crippen LogP contribution < -0.4 is 0 Å². The van der Waals surface area contributed by atoms with Gasteiger partial charge in [0.25, 0.3) is 0 Å². The molecule has 8 atom stereocenters. The number of hydrogen-bond acceptors (Lipinski definition) is 3. The molecule has 1 aromatic rings. The zero-order valence-corrected chi connectivity index (χ0v) is 17.1. The minimum Gasteiger partial charge on any atom is -0.297 e. The Morgan fingerprint density at radius 2 is 1.71 bits per heavy atom. The maximum Gasteiger partial charge on any atom is 0.157 e. The molecule has 4 fully saturated rings. The fraction of sp³-hybridized carbons (Fsp3) is 0.792. The topological polar surface area (TPSA) is 58.7 Å². The Kier molecular flexibility index (Phi) is 4.81. The van der Waals surface area contributed by atoms with Crippen molar-refractivity contribution in [3.8, 4) is 6.07 Å². The maximum atomic E-state index is 13.0. The third-order valence-corrected chi connectivity index (χ3v) is 9.03.